The Morgan fingerprint density at radius 1 is 1.04 bits per heavy atom. The van der Waals surface area contributed by atoms with Crippen LogP contribution < -0.4 is 0 Å². The Labute approximate surface area is 165 Å². The van der Waals surface area contributed by atoms with Gasteiger partial charge in [-0.1, -0.05) is 23.7 Å². The van der Waals surface area contributed by atoms with Crippen molar-refractivity contribution >= 4 is 40.4 Å². The number of aryl methyl sites for hydroxylation is 1. The molecule has 0 radical (unpaired) electrons. The first-order chi connectivity index (χ1) is 12.6. The maximum atomic E-state index is 11.5. The van der Waals surface area contributed by atoms with E-state index in [1.807, 2.05) is 31.4 Å². The van der Waals surface area contributed by atoms with E-state index >= 15 is 0 Å². The van der Waals surface area contributed by atoms with Gasteiger partial charge >= 0.3 is 17.9 Å². The molecule has 0 aromatic heterocycles. The minimum atomic E-state index is -1.03. The molecule has 5 atom stereocenters. The van der Waals surface area contributed by atoms with Crippen LogP contribution in [0.3, 0.4) is 0 Å². The standard InChI is InChI=1S/C19H25ClO6S/c1-10-3-4-11(5-15(10)20)19-14(8-18(25)26)13(7-17(23)24)12(6-16(21)22)9-27(19)2/h3-5,12-14,19,27H,6-9H2,1-2H3,(H,21,22)(H,23,24)(H,25,26)/t12-,13-,14+,19-/m1/s1. The van der Waals surface area contributed by atoms with Crippen molar-refractivity contribution in [3.63, 3.8) is 0 Å². The second kappa shape index (κ2) is 8.97. The molecule has 1 saturated heterocycles. The first kappa shape index (κ1) is 21.6. The van der Waals surface area contributed by atoms with E-state index in [4.69, 9.17) is 11.6 Å². The van der Waals surface area contributed by atoms with Gasteiger partial charge in [0.05, 0.1) is 0 Å². The van der Waals surface area contributed by atoms with Crippen LogP contribution in [0.1, 0.15) is 35.6 Å². The minimum Gasteiger partial charge on any atom is -0.481 e. The van der Waals surface area contributed by atoms with E-state index in [0.29, 0.717) is 10.8 Å². The molecule has 1 aromatic carbocycles. The van der Waals surface area contributed by atoms with Crippen LogP contribution >= 0.6 is 22.5 Å². The lowest BCUT2D eigenvalue weighted by Gasteiger charge is -2.47. The van der Waals surface area contributed by atoms with E-state index < -0.39 is 40.6 Å². The molecule has 27 heavy (non-hydrogen) atoms. The maximum Gasteiger partial charge on any atom is 0.303 e. The fraction of sp³-hybridized carbons (Fsp3) is 0.526. The number of hydrogen-bond acceptors (Lipinski definition) is 3. The molecule has 1 heterocycles. The monoisotopic (exact) mass is 416 g/mol. The largest absolute Gasteiger partial charge is 0.481 e. The Hall–Kier alpha value is -1.73. The van der Waals surface area contributed by atoms with Crippen molar-refractivity contribution in [3.8, 4) is 0 Å². The Morgan fingerprint density at radius 3 is 2.11 bits per heavy atom. The van der Waals surface area contributed by atoms with Crippen LogP contribution in [0.15, 0.2) is 18.2 Å². The average Bonchev–Trinajstić information content (AvgIpc) is 2.52. The van der Waals surface area contributed by atoms with Crippen molar-refractivity contribution in [1.82, 2.24) is 0 Å². The molecule has 150 valence electrons. The SMILES string of the molecule is Cc1ccc([C@@H]2[C@@H](CC(=O)O)[C@H](CC(=O)O)[C@H](CC(=O)O)C[SH]2C)cc1Cl. The van der Waals surface area contributed by atoms with E-state index in [1.54, 1.807) is 0 Å². The zero-order valence-corrected chi connectivity index (χ0v) is 16.9. The number of rotatable bonds is 7. The van der Waals surface area contributed by atoms with Crippen molar-refractivity contribution in [3.05, 3.63) is 34.3 Å². The summed E-state index contributed by atoms with van der Waals surface area (Å²) in [6, 6.07) is 5.65. The summed E-state index contributed by atoms with van der Waals surface area (Å²) in [5, 5.41) is 28.5. The van der Waals surface area contributed by atoms with E-state index in [0.717, 1.165) is 11.1 Å². The quantitative estimate of drug-likeness (QED) is 0.505. The molecule has 1 fully saturated rings. The third-order valence-electron chi connectivity index (χ3n) is 5.35. The number of carboxylic acids is 3. The van der Waals surface area contributed by atoms with Gasteiger partial charge in [0.1, 0.15) is 0 Å². The van der Waals surface area contributed by atoms with Gasteiger partial charge in [0.15, 0.2) is 0 Å². The maximum absolute atomic E-state index is 11.5. The highest BCUT2D eigenvalue weighted by Gasteiger charge is 2.44. The number of aliphatic carboxylic acids is 3. The fourth-order valence-corrected chi connectivity index (χ4v) is 7.45. The smallest absolute Gasteiger partial charge is 0.303 e. The lowest BCUT2D eigenvalue weighted by molar-refractivity contribution is -0.144. The van der Waals surface area contributed by atoms with Crippen LogP contribution in [-0.4, -0.2) is 45.2 Å². The molecule has 0 amide bonds. The second-order valence-electron chi connectivity index (χ2n) is 7.27. The van der Waals surface area contributed by atoms with Gasteiger partial charge in [-0.05, 0) is 53.9 Å². The molecule has 2 rings (SSSR count). The Balaban J connectivity index is 2.49. The number of carboxylic acid groups (broad SMARTS) is 3. The summed E-state index contributed by atoms with van der Waals surface area (Å²) >= 11 is 6.27. The van der Waals surface area contributed by atoms with Crippen molar-refractivity contribution in [2.45, 2.75) is 31.4 Å². The number of thiol groups is 1. The van der Waals surface area contributed by atoms with Gasteiger partial charge in [-0.15, -0.1) is 0 Å². The van der Waals surface area contributed by atoms with Crippen molar-refractivity contribution in [1.29, 1.82) is 0 Å². The molecule has 8 heteroatoms. The van der Waals surface area contributed by atoms with E-state index in [-0.39, 0.29) is 30.4 Å². The Kier molecular flexibility index (Phi) is 7.17. The van der Waals surface area contributed by atoms with Gasteiger partial charge in [-0.2, -0.15) is 0 Å². The molecule has 0 saturated carbocycles. The molecule has 1 aromatic rings. The number of halogens is 1. The van der Waals surface area contributed by atoms with E-state index in [1.165, 1.54) is 0 Å². The predicted molar refractivity (Wildman–Crippen MR) is 106 cm³/mol. The van der Waals surface area contributed by atoms with Crippen LogP contribution in [0, 0.1) is 24.7 Å². The molecule has 0 aliphatic carbocycles. The van der Waals surface area contributed by atoms with Crippen molar-refractivity contribution in [2.24, 2.45) is 17.8 Å². The molecule has 1 aliphatic rings. The summed E-state index contributed by atoms with van der Waals surface area (Å²) in [7, 11) is -0.723. The number of benzene rings is 1. The first-order valence-electron chi connectivity index (χ1n) is 8.71. The molecule has 0 spiro atoms. The zero-order valence-electron chi connectivity index (χ0n) is 15.3. The fourth-order valence-electron chi connectivity index (χ4n) is 4.25. The van der Waals surface area contributed by atoms with Gasteiger partial charge in [0.25, 0.3) is 0 Å². The molecular formula is C19H25ClO6S. The topological polar surface area (TPSA) is 112 Å². The summed E-state index contributed by atoms with van der Waals surface area (Å²) in [5.74, 6) is -3.69. The highest BCUT2D eigenvalue weighted by atomic mass is 35.5. The van der Waals surface area contributed by atoms with Gasteiger partial charge in [-0.3, -0.25) is 14.4 Å². The normalized spacial score (nSPS) is 29.2. The minimum absolute atomic E-state index is 0.122. The lowest BCUT2D eigenvalue weighted by Crippen LogP contribution is -2.39. The summed E-state index contributed by atoms with van der Waals surface area (Å²) < 4.78 is 0. The molecule has 3 N–H and O–H groups in total. The van der Waals surface area contributed by atoms with Gasteiger partial charge in [0, 0.05) is 29.5 Å². The Bertz CT molecular complexity index is 737. The second-order valence-corrected chi connectivity index (χ2v) is 10.1. The van der Waals surface area contributed by atoms with Crippen LogP contribution in [0.4, 0.5) is 0 Å². The zero-order chi connectivity index (χ0) is 20.3. The van der Waals surface area contributed by atoms with Gasteiger partial charge in [-0.25, -0.2) is 10.9 Å². The first-order valence-corrected chi connectivity index (χ1v) is 11.1. The molecule has 1 unspecified atom stereocenters. The van der Waals surface area contributed by atoms with Crippen LogP contribution in [0.25, 0.3) is 0 Å². The summed E-state index contributed by atoms with van der Waals surface area (Å²) in [6.07, 6.45) is 1.49. The van der Waals surface area contributed by atoms with E-state index in [9.17, 15) is 29.7 Å². The van der Waals surface area contributed by atoms with Gasteiger partial charge in [0.2, 0.25) is 0 Å². The summed E-state index contributed by atoms with van der Waals surface area (Å²) in [6.45, 7) is 1.88. The predicted octanol–water partition coefficient (Wildman–Crippen LogP) is 3.61. The van der Waals surface area contributed by atoms with Crippen LogP contribution in [0.5, 0.6) is 0 Å². The third kappa shape index (κ3) is 5.39. The van der Waals surface area contributed by atoms with Crippen molar-refractivity contribution in [2.75, 3.05) is 12.0 Å². The van der Waals surface area contributed by atoms with E-state index in [2.05, 4.69) is 0 Å². The molecule has 6 nitrogen and oxygen atoms in total. The third-order valence-corrected chi connectivity index (χ3v) is 8.44. The van der Waals surface area contributed by atoms with Crippen LogP contribution in [-0.2, 0) is 14.4 Å². The highest BCUT2D eigenvalue weighted by molar-refractivity contribution is 8.16. The van der Waals surface area contributed by atoms with Gasteiger partial charge < -0.3 is 15.3 Å². The molecular weight excluding hydrogens is 392 g/mol. The molecule has 1 aliphatic heterocycles. The van der Waals surface area contributed by atoms with Crippen molar-refractivity contribution < 1.29 is 29.7 Å². The Morgan fingerprint density at radius 2 is 1.59 bits per heavy atom. The average molecular weight is 417 g/mol. The highest BCUT2D eigenvalue weighted by Crippen LogP contribution is 2.57. The number of hydrogen-bond donors (Lipinski definition) is 4. The number of carbonyl (C=O) groups is 3. The molecule has 0 bridgehead atoms. The summed E-state index contributed by atoms with van der Waals surface area (Å²) in [5.41, 5.74) is 1.83. The summed E-state index contributed by atoms with van der Waals surface area (Å²) in [4.78, 5) is 34.3. The lowest BCUT2D eigenvalue weighted by atomic mass is 9.73. The van der Waals surface area contributed by atoms with Crippen LogP contribution in [0.2, 0.25) is 5.02 Å².